The molecule has 1 aliphatic carbocycles. The van der Waals surface area contributed by atoms with Gasteiger partial charge < -0.3 is 15.8 Å². The third-order valence-corrected chi connectivity index (χ3v) is 3.50. The summed E-state index contributed by atoms with van der Waals surface area (Å²) in [7, 11) is 1.32. The normalized spacial score (nSPS) is 15.6. The van der Waals surface area contributed by atoms with Gasteiger partial charge in [-0.15, -0.1) is 0 Å². The third-order valence-electron chi connectivity index (χ3n) is 3.50. The summed E-state index contributed by atoms with van der Waals surface area (Å²) >= 11 is 0. The summed E-state index contributed by atoms with van der Waals surface area (Å²) in [5.41, 5.74) is 7.69. The van der Waals surface area contributed by atoms with Gasteiger partial charge in [0.25, 0.3) is 0 Å². The Labute approximate surface area is 118 Å². The number of rotatable bonds is 5. The number of hydrogen-bond acceptors (Lipinski definition) is 4. The summed E-state index contributed by atoms with van der Waals surface area (Å²) in [6.07, 6.45) is 2.48. The number of ether oxygens (including phenoxy) is 1. The van der Waals surface area contributed by atoms with Crippen LogP contribution in [0, 0.1) is 12.8 Å². The molecular formula is C15H20N2O3. The zero-order valence-electron chi connectivity index (χ0n) is 11.8. The first kappa shape index (κ1) is 14.5. The summed E-state index contributed by atoms with van der Waals surface area (Å²) in [5, 5.41) is 2.75. The lowest BCUT2D eigenvalue weighted by Crippen LogP contribution is -2.29. The molecule has 1 unspecified atom stereocenters. The number of carbonyl (C=O) groups excluding carboxylic acids is 2. The molecule has 1 aromatic carbocycles. The molecule has 1 saturated carbocycles. The van der Waals surface area contributed by atoms with Crippen molar-refractivity contribution >= 4 is 17.6 Å². The molecule has 108 valence electrons. The Kier molecular flexibility index (Phi) is 4.39. The van der Waals surface area contributed by atoms with E-state index in [9.17, 15) is 9.59 Å². The van der Waals surface area contributed by atoms with Gasteiger partial charge in [0.1, 0.15) is 0 Å². The molecule has 1 fully saturated rings. The van der Waals surface area contributed by atoms with Crippen molar-refractivity contribution in [1.82, 2.24) is 0 Å². The monoisotopic (exact) mass is 276 g/mol. The van der Waals surface area contributed by atoms with Crippen LogP contribution < -0.4 is 11.1 Å². The number of hydrogen-bond donors (Lipinski definition) is 2. The average molecular weight is 276 g/mol. The van der Waals surface area contributed by atoms with E-state index in [1.807, 2.05) is 13.0 Å². The molecule has 20 heavy (non-hydrogen) atoms. The molecule has 5 heteroatoms. The Morgan fingerprint density at radius 3 is 2.75 bits per heavy atom. The molecular weight excluding hydrogens is 256 g/mol. The summed E-state index contributed by atoms with van der Waals surface area (Å²) in [4.78, 5) is 23.7. The van der Waals surface area contributed by atoms with Gasteiger partial charge in [-0.25, -0.2) is 4.79 Å². The van der Waals surface area contributed by atoms with Gasteiger partial charge >= 0.3 is 5.97 Å². The third kappa shape index (κ3) is 3.57. The summed E-state index contributed by atoms with van der Waals surface area (Å²) in [6.45, 7) is 1.88. The Bertz CT molecular complexity index is 524. The van der Waals surface area contributed by atoms with Crippen molar-refractivity contribution in [2.45, 2.75) is 32.2 Å². The fourth-order valence-corrected chi connectivity index (χ4v) is 2.15. The molecule has 1 aromatic rings. The van der Waals surface area contributed by atoms with E-state index in [4.69, 9.17) is 10.5 Å². The SMILES string of the molecule is COC(=O)c1cc(C)ccc1NC(=O)CC(N)C1CC1. The number of nitrogens with one attached hydrogen (secondary N) is 1. The maximum atomic E-state index is 12.0. The van der Waals surface area contributed by atoms with E-state index < -0.39 is 5.97 Å². The molecule has 0 radical (unpaired) electrons. The van der Waals surface area contributed by atoms with Crippen molar-refractivity contribution < 1.29 is 14.3 Å². The van der Waals surface area contributed by atoms with E-state index in [1.165, 1.54) is 7.11 Å². The highest BCUT2D eigenvalue weighted by molar-refractivity contribution is 6.01. The van der Waals surface area contributed by atoms with Crippen LogP contribution in [0.15, 0.2) is 18.2 Å². The van der Waals surface area contributed by atoms with E-state index in [2.05, 4.69) is 5.32 Å². The molecule has 0 aromatic heterocycles. The Hall–Kier alpha value is -1.88. The highest BCUT2D eigenvalue weighted by atomic mass is 16.5. The maximum absolute atomic E-state index is 12.0. The highest BCUT2D eigenvalue weighted by Crippen LogP contribution is 2.33. The molecule has 0 heterocycles. The lowest BCUT2D eigenvalue weighted by molar-refractivity contribution is -0.116. The van der Waals surface area contributed by atoms with Gasteiger partial charge in [0.15, 0.2) is 0 Å². The first-order chi connectivity index (χ1) is 9.51. The molecule has 3 N–H and O–H groups in total. The van der Waals surface area contributed by atoms with Gasteiger partial charge in [0, 0.05) is 12.5 Å². The van der Waals surface area contributed by atoms with Crippen LogP contribution in [0.1, 0.15) is 35.2 Å². The number of aryl methyl sites for hydroxylation is 1. The second-order valence-corrected chi connectivity index (χ2v) is 5.29. The van der Waals surface area contributed by atoms with Crippen molar-refractivity contribution in [3.8, 4) is 0 Å². The fraction of sp³-hybridized carbons (Fsp3) is 0.467. The molecule has 0 spiro atoms. The van der Waals surface area contributed by atoms with Crippen LogP contribution in [0.5, 0.6) is 0 Å². The second kappa shape index (κ2) is 6.05. The summed E-state index contributed by atoms with van der Waals surface area (Å²) < 4.78 is 4.73. The lowest BCUT2D eigenvalue weighted by Gasteiger charge is -2.13. The molecule has 1 aliphatic rings. The predicted molar refractivity (Wildman–Crippen MR) is 76.5 cm³/mol. The van der Waals surface area contributed by atoms with Crippen LogP contribution in [-0.4, -0.2) is 25.0 Å². The highest BCUT2D eigenvalue weighted by Gasteiger charge is 2.30. The van der Waals surface area contributed by atoms with Crippen LogP contribution in [0.4, 0.5) is 5.69 Å². The molecule has 5 nitrogen and oxygen atoms in total. The van der Waals surface area contributed by atoms with E-state index in [0.29, 0.717) is 17.2 Å². The summed E-state index contributed by atoms with van der Waals surface area (Å²) in [6, 6.07) is 5.15. The average Bonchev–Trinajstić information content (AvgIpc) is 3.24. The van der Waals surface area contributed by atoms with E-state index in [-0.39, 0.29) is 18.4 Å². The number of nitrogens with two attached hydrogens (primary N) is 1. The lowest BCUT2D eigenvalue weighted by atomic mass is 10.1. The van der Waals surface area contributed by atoms with Crippen LogP contribution in [-0.2, 0) is 9.53 Å². The van der Waals surface area contributed by atoms with Gasteiger partial charge in [-0.05, 0) is 37.8 Å². The zero-order chi connectivity index (χ0) is 14.7. The molecule has 2 rings (SSSR count). The number of anilines is 1. The van der Waals surface area contributed by atoms with Crippen molar-refractivity contribution in [2.75, 3.05) is 12.4 Å². The van der Waals surface area contributed by atoms with Crippen LogP contribution in [0.25, 0.3) is 0 Å². The smallest absolute Gasteiger partial charge is 0.339 e. The van der Waals surface area contributed by atoms with Crippen molar-refractivity contribution in [2.24, 2.45) is 11.7 Å². The number of amides is 1. The molecule has 1 atom stereocenters. The topological polar surface area (TPSA) is 81.4 Å². The standard InChI is InChI=1S/C15H20N2O3/c1-9-3-6-13(11(7-9)15(19)20-2)17-14(18)8-12(16)10-4-5-10/h3,6-7,10,12H,4-5,8,16H2,1-2H3,(H,17,18). The van der Waals surface area contributed by atoms with Crippen molar-refractivity contribution in [3.63, 3.8) is 0 Å². The van der Waals surface area contributed by atoms with Gasteiger partial charge in [-0.1, -0.05) is 11.6 Å². The first-order valence-corrected chi connectivity index (χ1v) is 6.75. The zero-order valence-corrected chi connectivity index (χ0v) is 11.8. The molecule has 0 saturated heterocycles. The van der Waals surface area contributed by atoms with Gasteiger partial charge in [-0.3, -0.25) is 4.79 Å². The van der Waals surface area contributed by atoms with Crippen LogP contribution in [0.2, 0.25) is 0 Å². The van der Waals surface area contributed by atoms with Gasteiger partial charge in [0.05, 0.1) is 18.4 Å². The van der Waals surface area contributed by atoms with Crippen molar-refractivity contribution in [1.29, 1.82) is 0 Å². The number of esters is 1. The van der Waals surface area contributed by atoms with Crippen molar-refractivity contribution in [3.05, 3.63) is 29.3 Å². The van der Waals surface area contributed by atoms with Gasteiger partial charge in [-0.2, -0.15) is 0 Å². The minimum absolute atomic E-state index is 0.0953. The summed E-state index contributed by atoms with van der Waals surface area (Å²) in [5.74, 6) is -0.159. The van der Waals surface area contributed by atoms with Crippen LogP contribution >= 0.6 is 0 Å². The molecule has 0 aliphatic heterocycles. The minimum atomic E-state index is -0.463. The predicted octanol–water partition coefficient (Wildman–Crippen LogP) is 1.85. The fourth-order valence-electron chi connectivity index (χ4n) is 2.15. The quantitative estimate of drug-likeness (QED) is 0.804. The molecule has 0 bridgehead atoms. The Morgan fingerprint density at radius 1 is 1.45 bits per heavy atom. The second-order valence-electron chi connectivity index (χ2n) is 5.29. The van der Waals surface area contributed by atoms with Crippen LogP contribution in [0.3, 0.4) is 0 Å². The first-order valence-electron chi connectivity index (χ1n) is 6.75. The largest absolute Gasteiger partial charge is 0.465 e. The van der Waals surface area contributed by atoms with Gasteiger partial charge in [0.2, 0.25) is 5.91 Å². The van der Waals surface area contributed by atoms with E-state index in [1.54, 1.807) is 12.1 Å². The van der Waals surface area contributed by atoms with E-state index >= 15 is 0 Å². The maximum Gasteiger partial charge on any atom is 0.339 e. The number of benzene rings is 1. The Morgan fingerprint density at radius 2 is 2.15 bits per heavy atom. The number of carbonyl (C=O) groups is 2. The number of methoxy groups -OCH3 is 1. The Balaban J connectivity index is 2.07. The minimum Gasteiger partial charge on any atom is -0.465 e. The van der Waals surface area contributed by atoms with E-state index in [0.717, 1.165) is 18.4 Å². The molecule has 1 amide bonds.